The van der Waals surface area contributed by atoms with Crippen LogP contribution in [0.15, 0.2) is 29.6 Å². The lowest BCUT2D eigenvalue weighted by Gasteiger charge is -2.31. The molecule has 124 valence electrons. The largest absolute Gasteiger partial charge is 0.344 e. The van der Waals surface area contributed by atoms with Crippen molar-refractivity contribution in [1.29, 1.82) is 0 Å². The fourth-order valence-corrected chi connectivity index (χ4v) is 3.15. The second kappa shape index (κ2) is 7.66. The van der Waals surface area contributed by atoms with E-state index in [4.69, 9.17) is 5.73 Å². The molecule has 6 heteroatoms. The van der Waals surface area contributed by atoms with Gasteiger partial charge in [0.25, 0.3) is 5.91 Å². The molecule has 0 radical (unpaired) electrons. The number of nitrogens with zero attached hydrogens (tertiary/aromatic N) is 1. The first-order valence-electron chi connectivity index (χ1n) is 7.73. The summed E-state index contributed by atoms with van der Waals surface area (Å²) in [6, 6.07) is 6.30. The van der Waals surface area contributed by atoms with Crippen LogP contribution in [0.4, 0.5) is 4.39 Å². The molecule has 0 spiro atoms. The standard InChI is InChI=1S/C17H22FN3OS/c1-3-17(4-2,11-19)21-16(22)14-10-23-15(20-14)9-12-5-7-13(18)8-6-12/h5-8,10H,3-4,9,11,19H2,1-2H3,(H,21,22). The van der Waals surface area contributed by atoms with Gasteiger partial charge >= 0.3 is 0 Å². The quantitative estimate of drug-likeness (QED) is 0.817. The molecule has 3 N–H and O–H groups in total. The van der Waals surface area contributed by atoms with Crippen LogP contribution < -0.4 is 11.1 Å². The molecule has 0 bridgehead atoms. The number of nitrogens with two attached hydrogens (primary N) is 1. The molecule has 0 fully saturated rings. The highest BCUT2D eigenvalue weighted by Crippen LogP contribution is 2.18. The molecule has 1 heterocycles. The summed E-state index contributed by atoms with van der Waals surface area (Å²) in [6.07, 6.45) is 2.14. The minimum absolute atomic E-state index is 0.194. The monoisotopic (exact) mass is 335 g/mol. The Morgan fingerprint density at radius 3 is 2.52 bits per heavy atom. The zero-order valence-corrected chi connectivity index (χ0v) is 14.3. The van der Waals surface area contributed by atoms with Crippen LogP contribution >= 0.6 is 11.3 Å². The molecule has 0 saturated heterocycles. The number of hydrogen-bond donors (Lipinski definition) is 2. The Kier molecular flexibility index (Phi) is 5.85. The number of benzene rings is 1. The number of carbonyl (C=O) groups is 1. The van der Waals surface area contributed by atoms with Gasteiger partial charge in [-0.3, -0.25) is 4.79 Å². The summed E-state index contributed by atoms with van der Waals surface area (Å²) in [5, 5.41) is 5.59. The van der Waals surface area contributed by atoms with Gasteiger partial charge in [-0.2, -0.15) is 0 Å². The van der Waals surface area contributed by atoms with E-state index in [1.807, 2.05) is 13.8 Å². The molecule has 0 aliphatic heterocycles. The SMILES string of the molecule is CCC(CC)(CN)NC(=O)c1csc(Cc2ccc(F)cc2)n1. The summed E-state index contributed by atoms with van der Waals surface area (Å²) in [4.78, 5) is 16.8. The van der Waals surface area contributed by atoms with E-state index in [9.17, 15) is 9.18 Å². The third kappa shape index (κ3) is 4.36. The Bertz CT molecular complexity index is 642. The van der Waals surface area contributed by atoms with Crippen LogP contribution in [0.2, 0.25) is 0 Å². The maximum absolute atomic E-state index is 12.9. The molecule has 0 saturated carbocycles. The molecule has 1 aromatic heterocycles. The molecule has 1 amide bonds. The van der Waals surface area contributed by atoms with Crippen molar-refractivity contribution in [2.45, 2.75) is 38.6 Å². The predicted molar refractivity (Wildman–Crippen MR) is 91.2 cm³/mol. The van der Waals surface area contributed by atoms with Gasteiger partial charge in [-0.25, -0.2) is 9.37 Å². The number of aromatic nitrogens is 1. The third-order valence-corrected chi connectivity index (χ3v) is 5.02. The van der Waals surface area contributed by atoms with Gasteiger partial charge in [-0.1, -0.05) is 26.0 Å². The van der Waals surface area contributed by atoms with Crippen molar-refractivity contribution in [3.63, 3.8) is 0 Å². The second-order valence-corrected chi connectivity index (χ2v) is 6.52. The van der Waals surface area contributed by atoms with Gasteiger partial charge in [0, 0.05) is 18.3 Å². The Balaban J connectivity index is 2.06. The zero-order valence-electron chi connectivity index (χ0n) is 13.4. The Hall–Kier alpha value is -1.79. The molecule has 1 aromatic carbocycles. The van der Waals surface area contributed by atoms with E-state index in [0.717, 1.165) is 23.4 Å². The highest BCUT2D eigenvalue weighted by Gasteiger charge is 2.27. The van der Waals surface area contributed by atoms with Crippen LogP contribution in [0.5, 0.6) is 0 Å². The fourth-order valence-electron chi connectivity index (χ4n) is 2.34. The van der Waals surface area contributed by atoms with Gasteiger partial charge in [0.05, 0.1) is 10.5 Å². The summed E-state index contributed by atoms with van der Waals surface area (Å²) in [6.45, 7) is 4.42. The fraction of sp³-hybridized carbons (Fsp3) is 0.412. The van der Waals surface area contributed by atoms with Crippen molar-refractivity contribution in [2.24, 2.45) is 5.73 Å². The second-order valence-electron chi connectivity index (χ2n) is 5.58. The van der Waals surface area contributed by atoms with E-state index in [1.165, 1.54) is 23.5 Å². The summed E-state index contributed by atoms with van der Waals surface area (Å²) in [5.74, 6) is -0.453. The number of thiazole rings is 1. The minimum atomic E-state index is -0.377. The summed E-state index contributed by atoms with van der Waals surface area (Å²) < 4.78 is 12.9. The van der Waals surface area contributed by atoms with Crippen LogP contribution in [0.25, 0.3) is 0 Å². The summed E-state index contributed by atoms with van der Waals surface area (Å²) >= 11 is 1.43. The number of hydrogen-bond acceptors (Lipinski definition) is 4. The normalized spacial score (nSPS) is 11.5. The number of nitrogens with one attached hydrogen (secondary N) is 1. The van der Waals surface area contributed by atoms with Gasteiger partial charge in [0.15, 0.2) is 0 Å². The predicted octanol–water partition coefficient (Wildman–Crippen LogP) is 3.12. The lowest BCUT2D eigenvalue weighted by Crippen LogP contribution is -2.52. The number of halogens is 1. The smallest absolute Gasteiger partial charge is 0.271 e. The molecule has 0 aliphatic rings. The van der Waals surface area contributed by atoms with Crippen molar-refractivity contribution in [3.05, 3.63) is 51.7 Å². The molecule has 0 atom stereocenters. The van der Waals surface area contributed by atoms with E-state index in [2.05, 4.69) is 10.3 Å². The van der Waals surface area contributed by atoms with Crippen molar-refractivity contribution >= 4 is 17.2 Å². The first-order chi connectivity index (χ1) is 11.0. The van der Waals surface area contributed by atoms with Crippen LogP contribution in [-0.2, 0) is 6.42 Å². The van der Waals surface area contributed by atoms with E-state index in [1.54, 1.807) is 17.5 Å². The van der Waals surface area contributed by atoms with Crippen molar-refractivity contribution < 1.29 is 9.18 Å². The van der Waals surface area contributed by atoms with Crippen LogP contribution in [0, 0.1) is 5.82 Å². The first-order valence-corrected chi connectivity index (χ1v) is 8.61. The molecule has 23 heavy (non-hydrogen) atoms. The molecule has 0 unspecified atom stereocenters. The van der Waals surface area contributed by atoms with Gasteiger partial charge in [-0.15, -0.1) is 11.3 Å². The van der Waals surface area contributed by atoms with Crippen LogP contribution in [0.3, 0.4) is 0 Å². The third-order valence-electron chi connectivity index (χ3n) is 4.18. The van der Waals surface area contributed by atoms with E-state index < -0.39 is 0 Å². The number of carbonyl (C=O) groups excluding carboxylic acids is 1. The Morgan fingerprint density at radius 1 is 1.30 bits per heavy atom. The Morgan fingerprint density at radius 2 is 1.96 bits per heavy atom. The van der Waals surface area contributed by atoms with Crippen LogP contribution in [-0.4, -0.2) is 23.0 Å². The summed E-state index contributed by atoms with van der Waals surface area (Å²) in [5.41, 5.74) is 6.81. The molecule has 2 aromatic rings. The van der Waals surface area contributed by atoms with Gasteiger partial charge in [0.2, 0.25) is 0 Å². The van der Waals surface area contributed by atoms with E-state index in [-0.39, 0.29) is 17.3 Å². The lowest BCUT2D eigenvalue weighted by molar-refractivity contribution is 0.0890. The van der Waals surface area contributed by atoms with Crippen molar-refractivity contribution in [2.75, 3.05) is 6.54 Å². The molecule has 2 rings (SSSR count). The molecular formula is C17H22FN3OS. The minimum Gasteiger partial charge on any atom is -0.344 e. The summed E-state index contributed by atoms with van der Waals surface area (Å²) in [7, 11) is 0. The number of amides is 1. The lowest BCUT2D eigenvalue weighted by atomic mass is 9.93. The van der Waals surface area contributed by atoms with Gasteiger partial charge in [-0.05, 0) is 30.5 Å². The van der Waals surface area contributed by atoms with Crippen LogP contribution in [0.1, 0.15) is 47.7 Å². The van der Waals surface area contributed by atoms with E-state index >= 15 is 0 Å². The first kappa shape index (κ1) is 17.6. The highest BCUT2D eigenvalue weighted by molar-refractivity contribution is 7.09. The molecule has 0 aliphatic carbocycles. The molecular weight excluding hydrogens is 313 g/mol. The average molecular weight is 335 g/mol. The maximum atomic E-state index is 12.9. The molecule has 4 nitrogen and oxygen atoms in total. The zero-order chi connectivity index (χ0) is 16.9. The van der Waals surface area contributed by atoms with E-state index in [0.29, 0.717) is 18.7 Å². The maximum Gasteiger partial charge on any atom is 0.271 e. The number of rotatable bonds is 7. The highest BCUT2D eigenvalue weighted by atomic mass is 32.1. The van der Waals surface area contributed by atoms with Gasteiger partial charge in [0.1, 0.15) is 11.5 Å². The topological polar surface area (TPSA) is 68.0 Å². The Labute approximate surface area is 139 Å². The van der Waals surface area contributed by atoms with Gasteiger partial charge < -0.3 is 11.1 Å². The van der Waals surface area contributed by atoms with Crippen molar-refractivity contribution in [3.8, 4) is 0 Å². The average Bonchev–Trinajstić information content (AvgIpc) is 3.03. The van der Waals surface area contributed by atoms with Crippen molar-refractivity contribution in [1.82, 2.24) is 10.3 Å².